The molecule has 0 radical (unpaired) electrons. The minimum absolute atomic E-state index is 0.211. The van der Waals surface area contributed by atoms with Crippen molar-refractivity contribution in [3.8, 4) is 17.2 Å². The summed E-state index contributed by atoms with van der Waals surface area (Å²) < 4.78 is 55.5. The maximum absolute atomic E-state index is 12.1. The number of carbonyl (C=O) groups is 2. The summed E-state index contributed by atoms with van der Waals surface area (Å²) in [5.41, 5.74) is 0.211. The SMILES string of the molecule is CCOc1ccccc1OCC(=O)OCC(=O)Nc1ccc(OC(F)(F)F)cc1. The van der Waals surface area contributed by atoms with Crippen LogP contribution < -0.4 is 19.5 Å². The molecule has 2 rings (SSSR count). The third-order valence-electron chi connectivity index (χ3n) is 3.23. The lowest BCUT2D eigenvalue weighted by Gasteiger charge is -2.11. The first-order valence-electron chi connectivity index (χ1n) is 8.42. The Kier molecular flexibility index (Phi) is 7.70. The number of ether oxygens (including phenoxy) is 4. The molecule has 0 spiro atoms. The second kappa shape index (κ2) is 10.2. The summed E-state index contributed by atoms with van der Waals surface area (Å²) in [6.45, 7) is 1.21. The van der Waals surface area contributed by atoms with Crippen LogP contribution in [0.15, 0.2) is 48.5 Å². The van der Waals surface area contributed by atoms with E-state index in [2.05, 4.69) is 10.1 Å². The lowest BCUT2D eigenvalue weighted by molar-refractivity contribution is -0.274. The first-order chi connectivity index (χ1) is 13.8. The van der Waals surface area contributed by atoms with Crippen LogP contribution in [0, 0.1) is 0 Å². The highest BCUT2D eigenvalue weighted by molar-refractivity contribution is 5.92. The normalized spacial score (nSPS) is 10.8. The Labute approximate surface area is 164 Å². The van der Waals surface area contributed by atoms with Gasteiger partial charge in [0.25, 0.3) is 5.91 Å². The Hall–Kier alpha value is -3.43. The van der Waals surface area contributed by atoms with Gasteiger partial charge in [-0.25, -0.2) is 4.79 Å². The zero-order valence-corrected chi connectivity index (χ0v) is 15.3. The number of anilines is 1. The molecule has 10 heteroatoms. The van der Waals surface area contributed by atoms with E-state index >= 15 is 0 Å². The second-order valence-electron chi connectivity index (χ2n) is 5.45. The number of rotatable bonds is 9. The van der Waals surface area contributed by atoms with E-state index in [9.17, 15) is 22.8 Å². The molecule has 0 bridgehead atoms. The highest BCUT2D eigenvalue weighted by Gasteiger charge is 2.30. The predicted octanol–water partition coefficient (Wildman–Crippen LogP) is 3.54. The number of carbonyl (C=O) groups excluding carboxylic acids is 2. The molecule has 0 saturated heterocycles. The number of benzene rings is 2. The van der Waals surface area contributed by atoms with Crippen LogP contribution in [0.2, 0.25) is 0 Å². The minimum Gasteiger partial charge on any atom is -0.490 e. The van der Waals surface area contributed by atoms with Gasteiger partial charge in [0.1, 0.15) is 5.75 Å². The van der Waals surface area contributed by atoms with Crippen molar-refractivity contribution >= 4 is 17.6 Å². The van der Waals surface area contributed by atoms with E-state index in [0.29, 0.717) is 18.1 Å². The van der Waals surface area contributed by atoms with Crippen molar-refractivity contribution in [1.82, 2.24) is 0 Å². The maximum atomic E-state index is 12.1. The van der Waals surface area contributed by atoms with Gasteiger partial charge in [-0.3, -0.25) is 4.79 Å². The number of alkyl halides is 3. The summed E-state index contributed by atoms with van der Waals surface area (Å²) in [6.07, 6.45) is -4.80. The topological polar surface area (TPSA) is 83.1 Å². The highest BCUT2D eigenvalue weighted by Crippen LogP contribution is 2.26. The fraction of sp³-hybridized carbons (Fsp3) is 0.263. The first kappa shape index (κ1) is 21.9. The Bertz CT molecular complexity index is 823. The quantitative estimate of drug-likeness (QED) is 0.633. The van der Waals surface area contributed by atoms with Crippen molar-refractivity contribution in [1.29, 1.82) is 0 Å². The van der Waals surface area contributed by atoms with Crippen molar-refractivity contribution in [2.75, 3.05) is 25.1 Å². The monoisotopic (exact) mass is 413 g/mol. The lowest BCUT2D eigenvalue weighted by Crippen LogP contribution is -2.23. The largest absolute Gasteiger partial charge is 0.573 e. The van der Waals surface area contributed by atoms with Gasteiger partial charge >= 0.3 is 12.3 Å². The average molecular weight is 413 g/mol. The van der Waals surface area contributed by atoms with Crippen molar-refractivity contribution < 1.29 is 41.7 Å². The predicted molar refractivity (Wildman–Crippen MR) is 95.8 cm³/mol. The summed E-state index contributed by atoms with van der Waals surface area (Å²) in [6, 6.07) is 11.3. The van der Waals surface area contributed by atoms with E-state index in [0.717, 1.165) is 12.1 Å². The van der Waals surface area contributed by atoms with Crippen molar-refractivity contribution in [2.45, 2.75) is 13.3 Å². The summed E-state index contributed by atoms with van der Waals surface area (Å²) in [7, 11) is 0. The van der Waals surface area contributed by atoms with Gasteiger partial charge in [-0.1, -0.05) is 12.1 Å². The second-order valence-corrected chi connectivity index (χ2v) is 5.45. The van der Waals surface area contributed by atoms with Gasteiger partial charge in [0.2, 0.25) is 0 Å². The van der Waals surface area contributed by atoms with Gasteiger partial charge in [0, 0.05) is 5.69 Å². The number of esters is 1. The molecule has 2 aromatic rings. The third kappa shape index (κ3) is 7.99. The fourth-order valence-corrected chi connectivity index (χ4v) is 2.11. The van der Waals surface area contributed by atoms with Gasteiger partial charge in [-0.2, -0.15) is 0 Å². The van der Waals surface area contributed by atoms with E-state index in [4.69, 9.17) is 14.2 Å². The smallest absolute Gasteiger partial charge is 0.490 e. The molecule has 156 valence electrons. The number of hydrogen-bond acceptors (Lipinski definition) is 6. The van der Waals surface area contributed by atoms with Crippen LogP contribution in [0.1, 0.15) is 6.92 Å². The summed E-state index contributed by atoms with van der Waals surface area (Å²) in [5, 5.41) is 2.37. The van der Waals surface area contributed by atoms with Crippen LogP contribution >= 0.6 is 0 Å². The Balaban J connectivity index is 1.75. The zero-order chi connectivity index (χ0) is 21.3. The summed E-state index contributed by atoms with van der Waals surface area (Å²) >= 11 is 0. The number of halogens is 3. The molecule has 29 heavy (non-hydrogen) atoms. The van der Waals surface area contributed by atoms with Gasteiger partial charge in [0.15, 0.2) is 24.7 Å². The maximum Gasteiger partial charge on any atom is 0.573 e. The van der Waals surface area contributed by atoms with Crippen LogP contribution in [0.4, 0.5) is 18.9 Å². The van der Waals surface area contributed by atoms with Crippen LogP contribution in [-0.4, -0.2) is 38.1 Å². The third-order valence-corrected chi connectivity index (χ3v) is 3.23. The molecule has 0 fully saturated rings. The molecular formula is C19H18F3NO6. The Morgan fingerprint density at radius 3 is 2.14 bits per heavy atom. The van der Waals surface area contributed by atoms with E-state index in [1.54, 1.807) is 31.2 Å². The molecule has 2 aromatic carbocycles. The van der Waals surface area contributed by atoms with Crippen LogP contribution in [0.3, 0.4) is 0 Å². The van der Waals surface area contributed by atoms with Gasteiger partial charge in [-0.05, 0) is 43.3 Å². The van der Waals surface area contributed by atoms with Crippen LogP contribution in [0.5, 0.6) is 17.2 Å². The molecule has 0 aliphatic carbocycles. The van der Waals surface area contributed by atoms with Crippen LogP contribution in [0.25, 0.3) is 0 Å². The van der Waals surface area contributed by atoms with Crippen LogP contribution in [-0.2, 0) is 14.3 Å². The molecule has 0 saturated carbocycles. The molecule has 0 aromatic heterocycles. The van der Waals surface area contributed by atoms with Gasteiger partial charge in [-0.15, -0.1) is 13.2 Å². The minimum atomic E-state index is -4.80. The molecule has 0 aliphatic rings. The van der Waals surface area contributed by atoms with E-state index in [1.807, 2.05) is 0 Å². The molecule has 0 aliphatic heterocycles. The fourth-order valence-electron chi connectivity index (χ4n) is 2.11. The molecule has 0 heterocycles. The molecule has 1 N–H and O–H groups in total. The van der Waals surface area contributed by atoms with Crippen molar-refractivity contribution in [3.63, 3.8) is 0 Å². The van der Waals surface area contributed by atoms with Crippen molar-refractivity contribution in [2.24, 2.45) is 0 Å². The Morgan fingerprint density at radius 1 is 0.931 bits per heavy atom. The zero-order valence-electron chi connectivity index (χ0n) is 15.3. The number of nitrogens with one attached hydrogen (secondary N) is 1. The summed E-state index contributed by atoms with van der Waals surface area (Å²) in [5.74, 6) is -1.04. The van der Waals surface area contributed by atoms with E-state index < -0.39 is 37.2 Å². The molecule has 7 nitrogen and oxygen atoms in total. The standard InChI is InChI=1S/C19H18F3NO6/c1-2-26-15-5-3-4-6-16(15)27-12-18(25)28-11-17(24)23-13-7-9-14(10-8-13)29-19(20,21)22/h3-10H,2,11-12H2,1H3,(H,23,24). The number of para-hydroxylation sites is 2. The molecule has 1 amide bonds. The number of amides is 1. The average Bonchev–Trinajstić information content (AvgIpc) is 2.66. The van der Waals surface area contributed by atoms with Crippen molar-refractivity contribution in [3.05, 3.63) is 48.5 Å². The Morgan fingerprint density at radius 2 is 1.55 bits per heavy atom. The highest BCUT2D eigenvalue weighted by atomic mass is 19.4. The van der Waals surface area contributed by atoms with Gasteiger partial charge < -0.3 is 24.3 Å². The summed E-state index contributed by atoms with van der Waals surface area (Å²) in [4.78, 5) is 23.5. The van der Waals surface area contributed by atoms with E-state index in [-0.39, 0.29) is 5.69 Å². The van der Waals surface area contributed by atoms with E-state index in [1.165, 1.54) is 12.1 Å². The molecule has 0 unspecified atom stereocenters. The number of hydrogen-bond donors (Lipinski definition) is 1. The first-order valence-corrected chi connectivity index (χ1v) is 8.42. The molecular weight excluding hydrogens is 395 g/mol. The molecule has 0 atom stereocenters. The lowest BCUT2D eigenvalue weighted by atomic mass is 10.3. The van der Waals surface area contributed by atoms with Gasteiger partial charge in [0.05, 0.1) is 6.61 Å².